The molecule has 5 nitrogen and oxygen atoms in total. The number of fused-ring (bicyclic) bond motifs is 6. The predicted molar refractivity (Wildman–Crippen MR) is 319 cm³/mol. The van der Waals surface area contributed by atoms with Gasteiger partial charge in [0, 0.05) is 51.7 Å². The molecular weight excluding hydrogens is 947 g/mol. The highest BCUT2D eigenvalue weighted by atomic mass is 15.0. The minimum Gasteiger partial charge on any atom is -0.264 e. The minimum atomic E-state index is -0.252. The molecule has 0 unspecified atom stereocenters. The summed E-state index contributed by atoms with van der Waals surface area (Å²) in [5.41, 5.74) is 26.0. The Morgan fingerprint density at radius 1 is 0.256 bits per heavy atom. The molecule has 78 heavy (non-hydrogen) atoms. The molecule has 0 saturated carbocycles. The van der Waals surface area contributed by atoms with Crippen LogP contribution in [0.1, 0.15) is 49.9 Å². The molecule has 2 aliphatic rings. The molecule has 0 saturated heterocycles. The molecule has 0 spiro atoms. The lowest BCUT2D eigenvalue weighted by molar-refractivity contribution is 0.660. The fourth-order valence-electron chi connectivity index (χ4n) is 12.0. The lowest BCUT2D eigenvalue weighted by atomic mass is 9.80. The van der Waals surface area contributed by atoms with Crippen molar-refractivity contribution in [1.29, 1.82) is 0 Å². The Hall–Kier alpha value is -9.71. The van der Waals surface area contributed by atoms with Gasteiger partial charge in [-0.15, -0.1) is 0 Å². The monoisotopic (exact) mass is 999 g/mol. The molecule has 0 fully saturated rings. The van der Waals surface area contributed by atoms with Gasteiger partial charge in [0.25, 0.3) is 0 Å². The lowest BCUT2D eigenvalue weighted by Crippen LogP contribution is -2.15. The Balaban J connectivity index is 0.896. The molecule has 14 rings (SSSR count). The quantitative estimate of drug-likeness (QED) is 0.144. The van der Waals surface area contributed by atoms with E-state index in [-0.39, 0.29) is 10.8 Å². The second kappa shape index (κ2) is 18.5. The van der Waals surface area contributed by atoms with Crippen molar-refractivity contribution in [2.45, 2.75) is 38.5 Å². The highest BCUT2D eigenvalue weighted by Gasteiger charge is 2.37. The van der Waals surface area contributed by atoms with Gasteiger partial charge in [0.15, 0.2) is 17.5 Å². The Morgan fingerprint density at radius 2 is 0.615 bits per heavy atom. The van der Waals surface area contributed by atoms with Crippen LogP contribution < -0.4 is 0 Å². The number of aromatic nitrogens is 5. The maximum Gasteiger partial charge on any atom is 0.164 e. The van der Waals surface area contributed by atoms with Crippen LogP contribution in [0.5, 0.6) is 0 Å². The fourth-order valence-corrected chi connectivity index (χ4v) is 12.0. The molecule has 12 aromatic rings. The van der Waals surface area contributed by atoms with Crippen molar-refractivity contribution >= 4 is 0 Å². The number of pyridine rings is 2. The molecule has 0 atom stereocenters. The van der Waals surface area contributed by atoms with Gasteiger partial charge in [0.2, 0.25) is 0 Å². The van der Waals surface area contributed by atoms with E-state index in [4.69, 9.17) is 19.9 Å². The third kappa shape index (κ3) is 8.14. The molecule has 0 N–H and O–H groups in total. The van der Waals surface area contributed by atoms with Gasteiger partial charge < -0.3 is 0 Å². The van der Waals surface area contributed by atoms with E-state index in [2.05, 4.69) is 233 Å². The van der Waals surface area contributed by atoms with Crippen LogP contribution in [0.2, 0.25) is 0 Å². The summed E-state index contributed by atoms with van der Waals surface area (Å²) in [7, 11) is 0. The predicted octanol–water partition coefficient (Wildman–Crippen LogP) is 18.3. The zero-order chi connectivity index (χ0) is 52.5. The van der Waals surface area contributed by atoms with Gasteiger partial charge >= 0.3 is 0 Å². The largest absolute Gasteiger partial charge is 0.264 e. The summed E-state index contributed by atoms with van der Waals surface area (Å²) < 4.78 is 0. The maximum absolute atomic E-state index is 5.37. The topological polar surface area (TPSA) is 64.5 Å². The highest BCUT2D eigenvalue weighted by molar-refractivity contribution is 5.90. The summed E-state index contributed by atoms with van der Waals surface area (Å²) in [6.45, 7) is 9.40. The summed E-state index contributed by atoms with van der Waals surface area (Å²) in [6, 6.07) is 82.9. The van der Waals surface area contributed by atoms with E-state index < -0.39 is 0 Å². The molecule has 3 heterocycles. The number of nitrogens with zero attached hydrogens (tertiary/aromatic N) is 5. The molecule has 0 aliphatic heterocycles. The Morgan fingerprint density at radius 3 is 1.08 bits per heavy atom. The zero-order valence-electron chi connectivity index (χ0n) is 43.9. The van der Waals surface area contributed by atoms with Crippen molar-refractivity contribution in [3.8, 4) is 123 Å². The number of rotatable bonds is 9. The average Bonchev–Trinajstić information content (AvgIpc) is 4.03. The normalized spacial score (nSPS) is 13.3. The average molecular weight is 1000 g/mol. The number of hydrogen-bond acceptors (Lipinski definition) is 5. The van der Waals surface area contributed by atoms with E-state index in [0.29, 0.717) is 17.5 Å². The molecule has 9 aromatic carbocycles. The number of benzene rings is 9. The van der Waals surface area contributed by atoms with E-state index in [9.17, 15) is 0 Å². The van der Waals surface area contributed by atoms with Crippen LogP contribution in [0.4, 0.5) is 0 Å². The smallest absolute Gasteiger partial charge is 0.164 e. The van der Waals surface area contributed by atoms with Crippen molar-refractivity contribution < 1.29 is 0 Å². The Labute approximate surface area is 455 Å². The molecule has 5 heteroatoms. The summed E-state index contributed by atoms with van der Waals surface area (Å²) in [6.07, 6.45) is 5.64. The SMILES string of the molecule is CC1(C)c2cc(-c3cccnc3)ccc2-c2ccc(-c3cc(-c4ccc5c(c4)C(C)(C)c4cc(-c6ccccn6)ccc4-5)cc(-c4nc(-c5ccccc5)nc(-c5ccc(-c6ccc(-c7ccccc7)cc6)cc5)n4)c3)cc21. The summed E-state index contributed by atoms with van der Waals surface area (Å²) in [5, 5.41) is 0. The standard InChI is InChI=1S/C73H53N5/c1-72(2)64-41-52(56-18-13-36-74-45-56)28-32-60(64)61-33-29-53(42-65(61)72)57-38-58(54-30-34-62-63-35-31-55(68-19-11-12-37-75-68)44-67(63)73(3,4)66(62)43-54)40-59(39-57)71-77-69(50-16-9-6-10-17-50)76-70(78-71)51-26-24-49(25-27-51)48-22-20-47(21-23-48)46-14-7-5-8-15-46/h5-45H,1-4H3. The molecule has 3 aromatic heterocycles. The van der Waals surface area contributed by atoms with Gasteiger partial charge in [-0.3, -0.25) is 9.97 Å². The first kappa shape index (κ1) is 46.8. The molecule has 2 aliphatic carbocycles. The van der Waals surface area contributed by atoms with E-state index >= 15 is 0 Å². The second-order valence-corrected chi connectivity index (χ2v) is 21.7. The van der Waals surface area contributed by atoms with Gasteiger partial charge in [0.05, 0.1) is 5.69 Å². The molecule has 370 valence electrons. The Kier molecular flexibility index (Phi) is 11.1. The van der Waals surface area contributed by atoms with Gasteiger partial charge in [-0.05, 0) is 161 Å². The van der Waals surface area contributed by atoms with E-state index in [1.807, 2.05) is 48.9 Å². The van der Waals surface area contributed by atoms with Gasteiger partial charge in [-0.1, -0.05) is 198 Å². The van der Waals surface area contributed by atoms with Crippen LogP contribution in [0.25, 0.3) is 123 Å². The Bertz CT molecular complexity index is 4090. The van der Waals surface area contributed by atoms with Crippen molar-refractivity contribution in [3.05, 3.63) is 271 Å². The fraction of sp³-hybridized carbons (Fsp3) is 0.0822. The first-order chi connectivity index (χ1) is 38.1. The zero-order valence-corrected chi connectivity index (χ0v) is 43.9. The van der Waals surface area contributed by atoms with Gasteiger partial charge in [0.1, 0.15) is 0 Å². The van der Waals surface area contributed by atoms with E-state index in [1.165, 1.54) is 61.2 Å². The summed E-state index contributed by atoms with van der Waals surface area (Å²) in [4.78, 5) is 25.0. The highest BCUT2D eigenvalue weighted by Crippen LogP contribution is 2.53. The molecule has 0 bridgehead atoms. The molecule has 0 radical (unpaired) electrons. The first-order valence-electron chi connectivity index (χ1n) is 26.8. The van der Waals surface area contributed by atoms with Crippen LogP contribution in [0.3, 0.4) is 0 Å². The van der Waals surface area contributed by atoms with Crippen LogP contribution in [0, 0.1) is 0 Å². The van der Waals surface area contributed by atoms with Crippen molar-refractivity contribution in [2.75, 3.05) is 0 Å². The van der Waals surface area contributed by atoms with Crippen molar-refractivity contribution in [2.24, 2.45) is 0 Å². The lowest BCUT2D eigenvalue weighted by Gasteiger charge is -2.23. The van der Waals surface area contributed by atoms with Crippen LogP contribution in [-0.4, -0.2) is 24.9 Å². The third-order valence-electron chi connectivity index (χ3n) is 16.3. The second-order valence-electron chi connectivity index (χ2n) is 21.7. The summed E-state index contributed by atoms with van der Waals surface area (Å²) in [5.74, 6) is 1.84. The van der Waals surface area contributed by atoms with Gasteiger partial charge in [-0.25, -0.2) is 15.0 Å². The maximum atomic E-state index is 5.37. The summed E-state index contributed by atoms with van der Waals surface area (Å²) >= 11 is 0. The molecular formula is C73H53N5. The van der Waals surface area contributed by atoms with E-state index in [1.54, 1.807) is 0 Å². The van der Waals surface area contributed by atoms with Crippen LogP contribution >= 0.6 is 0 Å². The number of hydrogen-bond donors (Lipinski definition) is 0. The van der Waals surface area contributed by atoms with Crippen LogP contribution in [-0.2, 0) is 10.8 Å². The van der Waals surface area contributed by atoms with E-state index in [0.717, 1.165) is 66.9 Å². The van der Waals surface area contributed by atoms with Gasteiger partial charge in [-0.2, -0.15) is 0 Å². The first-order valence-corrected chi connectivity index (χ1v) is 26.8. The third-order valence-corrected chi connectivity index (χ3v) is 16.3. The minimum absolute atomic E-state index is 0.245. The van der Waals surface area contributed by atoms with Crippen molar-refractivity contribution in [3.63, 3.8) is 0 Å². The van der Waals surface area contributed by atoms with Crippen LogP contribution in [0.15, 0.2) is 249 Å². The van der Waals surface area contributed by atoms with Crippen molar-refractivity contribution in [1.82, 2.24) is 24.9 Å². The molecule has 0 amide bonds.